The minimum Gasteiger partial charge on any atom is -0.426 e. The van der Waals surface area contributed by atoms with E-state index in [0.717, 1.165) is 38.2 Å². The molecule has 11 heteroatoms. The largest absolute Gasteiger partial charge is 0.491 e. The van der Waals surface area contributed by atoms with E-state index in [9.17, 15) is 27.6 Å². The molecule has 1 saturated carbocycles. The van der Waals surface area contributed by atoms with Crippen molar-refractivity contribution < 1.29 is 37.1 Å². The molecule has 1 aromatic rings. The predicted octanol–water partition coefficient (Wildman–Crippen LogP) is 2.43. The Labute approximate surface area is 189 Å². The molecule has 0 aromatic heterocycles. The summed E-state index contributed by atoms with van der Waals surface area (Å²) in [5.41, 5.74) is 6.09. The molecule has 0 saturated heterocycles. The van der Waals surface area contributed by atoms with Crippen LogP contribution in [0.4, 0.5) is 13.2 Å². The lowest BCUT2D eigenvalue weighted by atomic mass is 10.1. The Morgan fingerprint density at radius 3 is 2.39 bits per heavy atom. The first-order valence-corrected chi connectivity index (χ1v) is 10.6. The predicted molar refractivity (Wildman–Crippen MR) is 112 cm³/mol. The van der Waals surface area contributed by atoms with Crippen LogP contribution < -0.4 is 16.5 Å². The second kappa shape index (κ2) is 11.8. The SMILES string of the molecule is C[C@](N)(OC(=O)C(F)(F)F)C(=O)ON[C@H](/C=C/C(=O)NC1CCCC1)CCc1ccccc1. The van der Waals surface area contributed by atoms with E-state index in [-0.39, 0.29) is 11.9 Å². The van der Waals surface area contributed by atoms with Crippen molar-refractivity contribution in [1.29, 1.82) is 0 Å². The number of hydroxylamine groups is 1. The smallest absolute Gasteiger partial charge is 0.426 e. The number of hydrogen-bond donors (Lipinski definition) is 3. The molecule has 1 aromatic carbocycles. The van der Waals surface area contributed by atoms with Gasteiger partial charge < -0.3 is 14.9 Å². The van der Waals surface area contributed by atoms with Crippen molar-refractivity contribution in [3.8, 4) is 0 Å². The zero-order valence-corrected chi connectivity index (χ0v) is 18.2. The number of carbonyl (C=O) groups excluding carboxylic acids is 3. The maximum atomic E-state index is 12.4. The van der Waals surface area contributed by atoms with E-state index >= 15 is 0 Å². The molecule has 2 rings (SSSR count). The van der Waals surface area contributed by atoms with E-state index in [1.54, 1.807) is 0 Å². The van der Waals surface area contributed by atoms with Crippen molar-refractivity contribution >= 4 is 17.8 Å². The van der Waals surface area contributed by atoms with Crippen LogP contribution in [0.15, 0.2) is 42.5 Å². The number of nitrogens with two attached hydrogens (primary N) is 1. The van der Waals surface area contributed by atoms with E-state index < -0.39 is 29.9 Å². The molecule has 0 spiro atoms. The van der Waals surface area contributed by atoms with Crippen LogP contribution in [0, 0.1) is 0 Å². The first-order valence-electron chi connectivity index (χ1n) is 10.6. The van der Waals surface area contributed by atoms with Crippen LogP contribution in [-0.4, -0.2) is 41.8 Å². The van der Waals surface area contributed by atoms with Crippen LogP contribution in [0.2, 0.25) is 0 Å². The van der Waals surface area contributed by atoms with Gasteiger partial charge in [-0.25, -0.2) is 9.59 Å². The standard InChI is InChI=1S/C22H28F3N3O5/c1-21(26,32-20(31)22(23,24)25)19(30)33-28-17(12-11-15-7-3-2-4-8-15)13-14-18(29)27-16-9-5-6-10-16/h2-4,7-8,13-14,16-17,28H,5-6,9-12,26H2,1H3,(H,27,29)/b14-13+/t17-,21-/m0/s1. The van der Waals surface area contributed by atoms with Crippen LogP contribution in [-0.2, 0) is 30.4 Å². The third kappa shape index (κ3) is 9.22. The van der Waals surface area contributed by atoms with Crippen LogP contribution >= 0.6 is 0 Å². The molecule has 0 aliphatic heterocycles. The number of carbonyl (C=O) groups is 3. The number of rotatable bonds is 10. The molecule has 8 nitrogen and oxygen atoms in total. The molecule has 4 N–H and O–H groups in total. The summed E-state index contributed by atoms with van der Waals surface area (Å²) >= 11 is 0. The van der Waals surface area contributed by atoms with Gasteiger partial charge in [0.25, 0.3) is 5.72 Å². The maximum absolute atomic E-state index is 12.4. The molecular formula is C22H28F3N3O5. The highest BCUT2D eigenvalue weighted by Crippen LogP contribution is 2.20. The third-order valence-electron chi connectivity index (χ3n) is 5.01. The van der Waals surface area contributed by atoms with Crippen molar-refractivity contribution in [2.24, 2.45) is 5.73 Å². The first kappa shape index (κ1) is 26.3. The fourth-order valence-electron chi connectivity index (χ4n) is 3.21. The Morgan fingerprint density at radius 2 is 1.79 bits per heavy atom. The van der Waals surface area contributed by atoms with E-state index in [4.69, 9.17) is 10.6 Å². The molecule has 1 aliphatic rings. The molecule has 1 amide bonds. The number of alkyl halides is 3. The van der Waals surface area contributed by atoms with Gasteiger partial charge in [-0.05, 0) is 31.2 Å². The van der Waals surface area contributed by atoms with Gasteiger partial charge in [0, 0.05) is 19.0 Å². The van der Waals surface area contributed by atoms with Gasteiger partial charge >= 0.3 is 18.1 Å². The number of aryl methyl sites for hydroxylation is 1. The van der Waals surface area contributed by atoms with Gasteiger partial charge in [0.05, 0.1) is 6.04 Å². The number of esters is 1. The molecule has 33 heavy (non-hydrogen) atoms. The Balaban J connectivity index is 1.97. The summed E-state index contributed by atoms with van der Waals surface area (Å²) < 4.78 is 41.2. The summed E-state index contributed by atoms with van der Waals surface area (Å²) in [6.45, 7) is 0.768. The lowest BCUT2D eigenvalue weighted by Crippen LogP contribution is -2.53. The Hall–Kier alpha value is -2.92. The van der Waals surface area contributed by atoms with Crippen molar-refractivity contribution in [2.75, 3.05) is 0 Å². The molecule has 0 bridgehead atoms. The average Bonchev–Trinajstić information content (AvgIpc) is 3.25. The van der Waals surface area contributed by atoms with Crippen molar-refractivity contribution in [1.82, 2.24) is 10.8 Å². The minimum absolute atomic E-state index is 0.122. The number of ether oxygens (including phenoxy) is 1. The maximum Gasteiger partial charge on any atom is 0.491 e. The minimum atomic E-state index is -5.32. The second-order valence-corrected chi connectivity index (χ2v) is 7.98. The molecule has 2 atom stereocenters. The summed E-state index contributed by atoms with van der Waals surface area (Å²) in [6.07, 6.45) is 2.35. The zero-order valence-electron chi connectivity index (χ0n) is 18.2. The summed E-state index contributed by atoms with van der Waals surface area (Å²) in [7, 11) is 0. The Kier molecular flexibility index (Phi) is 9.42. The summed E-state index contributed by atoms with van der Waals surface area (Å²) in [5, 5.41) is 2.89. The number of nitrogens with one attached hydrogen (secondary N) is 2. The van der Waals surface area contributed by atoms with E-state index in [1.807, 2.05) is 30.3 Å². The summed E-state index contributed by atoms with van der Waals surface area (Å²) in [6, 6.07) is 8.82. The second-order valence-electron chi connectivity index (χ2n) is 7.98. The molecule has 1 fully saturated rings. The number of halogens is 3. The lowest BCUT2D eigenvalue weighted by Gasteiger charge is -2.24. The molecule has 0 unspecified atom stereocenters. The van der Waals surface area contributed by atoms with Gasteiger partial charge in [-0.1, -0.05) is 49.2 Å². The molecular weight excluding hydrogens is 443 g/mol. The average molecular weight is 471 g/mol. The van der Waals surface area contributed by atoms with Gasteiger partial charge in [-0.3, -0.25) is 10.5 Å². The number of benzene rings is 1. The Morgan fingerprint density at radius 1 is 1.15 bits per heavy atom. The van der Waals surface area contributed by atoms with Gasteiger partial charge in [-0.15, -0.1) is 5.48 Å². The lowest BCUT2D eigenvalue weighted by molar-refractivity contribution is -0.219. The highest BCUT2D eigenvalue weighted by atomic mass is 19.4. The first-order chi connectivity index (χ1) is 15.5. The summed E-state index contributed by atoms with van der Waals surface area (Å²) in [4.78, 5) is 40.1. The number of amides is 1. The third-order valence-corrected chi connectivity index (χ3v) is 5.01. The fraction of sp³-hybridized carbons (Fsp3) is 0.500. The quantitative estimate of drug-likeness (QED) is 0.208. The molecule has 0 radical (unpaired) electrons. The van der Waals surface area contributed by atoms with Crippen LogP contribution in [0.5, 0.6) is 0 Å². The highest BCUT2D eigenvalue weighted by molar-refractivity contribution is 5.87. The van der Waals surface area contributed by atoms with Gasteiger partial charge in [0.1, 0.15) is 0 Å². The molecule has 182 valence electrons. The molecule has 1 aliphatic carbocycles. The van der Waals surface area contributed by atoms with Crippen molar-refractivity contribution in [3.63, 3.8) is 0 Å². The van der Waals surface area contributed by atoms with Crippen LogP contribution in [0.3, 0.4) is 0 Å². The summed E-state index contributed by atoms with van der Waals surface area (Å²) in [5.74, 6) is -4.36. The number of hydrogen-bond acceptors (Lipinski definition) is 7. The Bertz CT molecular complexity index is 837. The fourth-order valence-corrected chi connectivity index (χ4v) is 3.21. The normalized spacial score (nSPS) is 17.4. The van der Waals surface area contributed by atoms with Crippen LogP contribution in [0.25, 0.3) is 0 Å². The van der Waals surface area contributed by atoms with Crippen LogP contribution in [0.1, 0.15) is 44.6 Å². The zero-order chi connectivity index (χ0) is 24.5. The van der Waals surface area contributed by atoms with Crippen molar-refractivity contribution in [3.05, 3.63) is 48.0 Å². The van der Waals surface area contributed by atoms with E-state index in [2.05, 4.69) is 15.5 Å². The van der Waals surface area contributed by atoms with Gasteiger partial charge in [0.2, 0.25) is 5.91 Å². The van der Waals surface area contributed by atoms with E-state index in [0.29, 0.717) is 12.8 Å². The topological polar surface area (TPSA) is 120 Å². The molecule has 0 heterocycles. The highest BCUT2D eigenvalue weighted by Gasteiger charge is 2.47. The van der Waals surface area contributed by atoms with Crippen molar-refractivity contribution in [2.45, 2.75) is 69.4 Å². The monoisotopic (exact) mass is 471 g/mol. The van der Waals surface area contributed by atoms with Gasteiger partial charge in [-0.2, -0.15) is 13.2 Å². The van der Waals surface area contributed by atoms with Gasteiger partial charge in [0.15, 0.2) is 0 Å². The van der Waals surface area contributed by atoms with E-state index in [1.165, 1.54) is 12.2 Å².